The molecular weight excluding hydrogens is 328 g/mol. The van der Waals surface area contributed by atoms with Gasteiger partial charge in [-0.25, -0.2) is 0 Å². The first-order chi connectivity index (χ1) is 12.6. The number of hydrogen-bond donors (Lipinski definition) is 1. The van der Waals surface area contributed by atoms with Gasteiger partial charge in [-0.05, 0) is 36.1 Å². The van der Waals surface area contributed by atoms with Crippen LogP contribution in [0.2, 0.25) is 0 Å². The molecule has 1 heterocycles. The van der Waals surface area contributed by atoms with Gasteiger partial charge in [-0.2, -0.15) is 0 Å². The fourth-order valence-electron chi connectivity index (χ4n) is 3.23. The average molecular weight is 352 g/mol. The molecular formula is C21H24N2O3. The molecule has 2 amide bonds. The number of ether oxygens (including phenoxy) is 1. The first-order valence-corrected chi connectivity index (χ1v) is 8.92. The SMILES string of the molecule is CCc1ccccc1NC(=O)CN(C)C(=O)C1COc2ccccc2C1. The van der Waals surface area contributed by atoms with Crippen LogP contribution in [-0.2, 0) is 22.4 Å². The third kappa shape index (κ3) is 4.04. The maximum absolute atomic E-state index is 12.7. The Labute approximate surface area is 154 Å². The van der Waals surface area contributed by atoms with Gasteiger partial charge >= 0.3 is 0 Å². The van der Waals surface area contributed by atoms with Crippen molar-refractivity contribution in [1.29, 1.82) is 0 Å². The number of amides is 2. The second-order valence-corrected chi connectivity index (χ2v) is 6.57. The smallest absolute Gasteiger partial charge is 0.243 e. The van der Waals surface area contributed by atoms with Crippen LogP contribution in [0.1, 0.15) is 18.1 Å². The fraction of sp³-hybridized carbons (Fsp3) is 0.333. The number of fused-ring (bicyclic) bond motifs is 1. The van der Waals surface area contributed by atoms with Gasteiger partial charge < -0.3 is 15.0 Å². The Morgan fingerprint density at radius 3 is 2.69 bits per heavy atom. The maximum Gasteiger partial charge on any atom is 0.243 e. The number of likely N-dealkylation sites (N-methyl/N-ethyl adjacent to an activating group) is 1. The minimum Gasteiger partial charge on any atom is -0.492 e. The lowest BCUT2D eigenvalue weighted by atomic mass is 9.95. The largest absolute Gasteiger partial charge is 0.492 e. The number of carbonyl (C=O) groups is 2. The summed E-state index contributed by atoms with van der Waals surface area (Å²) in [6, 6.07) is 15.5. The van der Waals surface area contributed by atoms with E-state index >= 15 is 0 Å². The Balaban J connectivity index is 1.58. The third-order valence-electron chi connectivity index (χ3n) is 4.66. The summed E-state index contributed by atoms with van der Waals surface area (Å²) >= 11 is 0. The van der Waals surface area contributed by atoms with E-state index in [9.17, 15) is 9.59 Å². The molecule has 5 heteroatoms. The minimum absolute atomic E-state index is 0.0228. The van der Waals surface area contributed by atoms with E-state index in [-0.39, 0.29) is 24.3 Å². The van der Waals surface area contributed by atoms with Gasteiger partial charge in [0.1, 0.15) is 12.4 Å². The van der Waals surface area contributed by atoms with Crippen molar-refractivity contribution in [3.8, 4) is 5.75 Å². The summed E-state index contributed by atoms with van der Waals surface area (Å²) in [7, 11) is 1.66. The van der Waals surface area contributed by atoms with Gasteiger partial charge in [0.2, 0.25) is 11.8 Å². The van der Waals surface area contributed by atoms with E-state index < -0.39 is 0 Å². The Bertz CT molecular complexity index is 803. The molecule has 0 aliphatic carbocycles. The normalized spacial score (nSPS) is 15.5. The lowest BCUT2D eigenvalue weighted by molar-refractivity contribution is -0.138. The van der Waals surface area contributed by atoms with E-state index in [1.165, 1.54) is 4.90 Å². The van der Waals surface area contributed by atoms with Crippen LogP contribution < -0.4 is 10.1 Å². The lowest BCUT2D eigenvalue weighted by Crippen LogP contribution is -2.42. The van der Waals surface area contributed by atoms with Crippen molar-refractivity contribution in [2.75, 3.05) is 25.5 Å². The number of nitrogens with one attached hydrogen (secondary N) is 1. The monoisotopic (exact) mass is 352 g/mol. The molecule has 1 unspecified atom stereocenters. The van der Waals surface area contributed by atoms with Crippen LogP contribution in [0.4, 0.5) is 5.69 Å². The Kier molecular flexibility index (Phi) is 5.56. The van der Waals surface area contributed by atoms with Crippen molar-refractivity contribution in [2.24, 2.45) is 5.92 Å². The van der Waals surface area contributed by atoms with Crippen LogP contribution in [0.25, 0.3) is 0 Å². The number of hydrogen-bond acceptors (Lipinski definition) is 3. The zero-order valence-electron chi connectivity index (χ0n) is 15.2. The topological polar surface area (TPSA) is 58.6 Å². The number of para-hydroxylation sites is 2. The van der Waals surface area contributed by atoms with Crippen molar-refractivity contribution >= 4 is 17.5 Å². The van der Waals surface area contributed by atoms with Crippen molar-refractivity contribution in [3.05, 3.63) is 59.7 Å². The van der Waals surface area contributed by atoms with Crippen LogP contribution in [0.3, 0.4) is 0 Å². The number of rotatable bonds is 5. The van der Waals surface area contributed by atoms with Crippen LogP contribution >= 0.6 is 0 Å². The molecule has 26 heavy (non-hydrogen) atoms. The maximum atomic E-state index is 12.7. The van der Waals surface area contributed by atoms with E-state index in [0.717, 1.165) is 29.0 Å². The molecule has 0 saturated heterocycles. The van der Waals surface area contributed by atoms with Crippen LogP contribution in [0.15, 0.2) is 48.5 Å². The summed E-state index contributed by atoms with van der Waals surface area (Å²) in [4.78, 5) is 26.5. The Hall–Kier alpha value is -2.82. The molecule has 0 bridgehead atoms. The molecule has 5 nitrogen and oxygen atoms in total. The predicted molar refractivity (Wildman–Crippen MR) is 101 cm³/mol. The van der Waals surface area contributed by atoms with Crippen molar-refractivity contribution < 1.29 is 14.3 Å². The number of aryl methyl sites for hydroxylation is 1. The summed E-state index contributed by atoms with van der Waals surface area (Å²) < 4.78 is 5.69. The standard InChI is InChI=1S/C21H24N2O3/c1-3-15-8-4-6-10-18(15)22-20(24)13-23(2)21(25)17-12-16-9-5-7-11-19(16)26-14-17/h4-11,17H,3,12-14H2,1-2H3,(H,22,24). The summed E-state index contributed by atoms with van der Waals surface area (Å²) in [6.45, 7) is 2.41. The number of nitrogens with zero attached hydrogens (tertiary/aromatic N) is 1. The van der Waals surface area contributed by atoms with E-state index in [2.05, 4.69) is 5.32 Å². The van der Waals surface area contributed by atoms with Crippen LogP contribution in [0, 0.1) is 5.92 Å². The van der Waals surface area contributed by atoms with Gasteiger partial charge in [0.25, 0.3) is 0 Å². The highest BCUT2D eigenvalue weighted by Crippen LogP contribution is 2.27. The second-order valence-electron chi connectivity index (χ2n) is 6.57. The molecule has 136 valence electrons. The lowest BCUT2D eigenvalue weighted by Gasteiger charge is -2.28. The van der Waals surface area contributed by atoms with E-state index in [0.29, 0.717) is 13.0 Å². The first kappa shape index (κ1) is 18.0. The van der Waals surface area contributed by atoms with Gasteiger partial charge in [0.15, 0.2) is 0 Å². The van der Waals surface area contributed by atoms with E-state index in [4.69, 9.17) is 4.74 Å². The van der Waals surface area contributed by atoms with Gasteiger partial charge in [-0.1, -0.05) is 43.3 Å². The van der Waals surface area contributed by atoms with Gasteiger partial charge in [-0.3, -0.25) is 9.59 Å². The summed E-state index contributed by atoms with van der Waals surface area (Å²) in [5.74, 6) is 0.316. The van der Waals surface area contributed by atoms with Gasteiger partial charge in [0.05, 0.1) is 12.5 Å². The second kappa shape index (κ2) is 8.04. The number of anilines is 1. The molecule has 0 saturated carbocycles. The zero-order chi connectivity index (χ0) is 18.5. The van der Waals surface area contributed by atoms with Gasteiger partial charge in [-0.15, -0.1) is 0 Å². The van der Waals surface area contributed by atoms with Crippen LogP contribution in [0.5, 0.6) is 5.75 Å². The molecule has 0 fully saturated rings. The Morgan fingerprint density at radius 2 is 1.88 bits per heavy atom. The molecule has 0 aromatic heterocycles. The summed E-state index contributed by atoms with van der Waals surface area (Å²) in [6.07, 6.45) is 1.48. The van der Waals surface area contributed by atoms with Crippen molar-refractivity contribution in [1.82, 2.24) is 4.90 Å². The van der Waals surface area contributed by atoms with Crippen molar-refractivity contribution in [2.45, 2.75) is 19.8 Å². The highest BCUT2D eigenvalue weighted by atomic mass is 16.5. The predicted octanol–water partition coefficient (Wildman–Crippen LogP) is 2.90. The number of benzene rings is 2. The quantitative estimate of drug-likeness (QED) is 0.900. The molecule has 3 rings (SSSR count). The molecule has 2 aromatic rings. The molecule has 0 spiro atoms. The van der Waals surface area contributed by atoms with E-state index in [1.54, 1.807) is 7.05 Å². The molecule has 2 aromatic carbocycles. The van der Waals surface area contributed by atoms with Crippen molar-refractivity contribution in [3.63, 3.8) is 0 Å². The first-order valence-electron chi connectivity index (χ1n) is 8.92. The Morgan fingerprint density at radius 1 is 1.15 bits per heavy atom. The minimum atomic E-state index is -0.259. The molecule has 1 atom stereocenters. The summed E-state index contributed by atoms with van der Waals surface area (Å²) in [5.41, 5.74) is 2.91. The molecule has 1 aliphatic rings. The third-order valence-corrected chi connectivity index (χ3v) is 4.66. The highest BCUT2D eigenvalue weighted by Gasteiger charge is 2.28. The molecule has 0 radical (unpaired) electrons. The van der Waals surface area contributed by atoms with E-state index in [1.807, 2.05) is 55.5 Å². The fourth-order valence-corrected chi connectivity index (χ4v) is 3.23. The summed E-state index contributed by atoms with van der Waals surface area (Å²) in [5, 5.41) is 2.90. The van der Waals surface area contributed by atoms with Gasteiger partial charge in [0, 0.05) is 12.7 Å². The molecule has 1 N–H and O–H groups in total. The highest BCUT2D eigenvalue weighted by molar-refractivity contribution is 5.95. The zero-order valence-corrected chi connectivity index (χ0v) is 15.2. The molecule has 1 aliphatic heterocycles. The van der Waals surface area contributed by atoms with Crippen LogP contribution in [-0.4, -0.2) is 36.9 Å². The number of carbonyl (C=O) groups excluding carboxylic acids is 2. The average Bonchev–Trinajstić information content (AvgIpc) is 2.67.